The Morgan fingerprint density at radius 3 is 2.67 bits per heavy atom. The highest BCUT2D eigenvalue weighted by Crippen LogP contribution is 1.99. The minimum atomic E-state index is -0.242. The summed E-state index contributed by atoms with van der Waals surface area (Å²) in [6.45, 7) is 0. The summed E-state index contributed by atoms with van der Waals surface area (Å²) in [4.78, 5) is 0. The molecule has 0 atom stereocenters. The average Bonchev–Trinajstić information content (AvgIpc) is 1.88. The lowest BCUT2D eigenvalue weighted by molar-refractivity contribution is 0.627. The lowest BCUT2D eigenvalue weighted by atomic mass is 10.2. The number of benzene rings is 1. The number of rotatable bonds is 1. The summed E-state index contributed by atoms with van der Waals surface area (Å²) in [7, 11) is 0. The van der Waals surface area contributed by atoms with E-state index in [-0.39, 0.29) is 5.82 Å². The van der Waals surface area contributed by atoms with Crippen LogP contribution in [0.4, 0.5) is 4.39 Å². The van der Waals surface area contributed by atoms with Gasteiger partial charge in [-0.05, 0) is 17.7 Å². The lowest BCUT2D eigenvalue weighted by Crippen LogP contribution is -1.78. The van der Waals surface area contributed by atoms with E-state index in [2.05, 4.69) is 12.2 Å². The Bertz CT molecular complexity index is 220. The van der Waals surface area contributed by atoms with Crippen molar-refractivity contribution in [3.8, 4) is 0 Å². The maximum atomic E-state index is 12.3. The third kappa shape index (κ3) is 1.57. The van der Waals surface area contributed by atoms with Gasteiger partial charge in [-0.3, -0.25) is 0 Å². The zero-order valence-electron chi connectivity index (χ0n) is 4.67. The van der Waals surface area contributed by atoms with Crippen molar-refractivity contribution in [3.05, 3.63) is 35.6 Å². The molecule has 0 aromatic heterocycles. The molecule has 0 saturated heterocycles. The third-order valence-corrected chi connectivity index (χ3v) is 1.26. The first-order chi connectivity index (χ1) is 4.33. The van der Waals surface area contributed by atoms with Crippen LogP contribution in [-0.4, -0.2) is 5.37 Å². The molecule has 2 heteroatoms. The van der Waals surface area contributed by atoms with Gasteiger partial charge in [-0.25, -0.2) is 4.39 Å². The van der Waals surface area contributed by atoms with Gasteiger partial charge in [0.25, 0.3) is 0 Å². The molecule has 0 unspecified atom stereocenters. The molecule has 0 heterocycles. The number of halogens is 1. The van der Waals surface area contributed by atoms with E-state index in [1.807, 2.05) is 0 Å². The molecular weight excluding hydrogens is 135 g/mol. The molecule has 46 valence electrons. The Balaban J connectivity index is 3.07. The van der Waals surface area contributed by atoms with E-state index in [1.54, 1.807) is 12.1 Å². The van der Waals surface area contributed by atoms with Gasteiger partial charge in [-0.15, -0.1) is 0 Å². The van der Waals surface area contributed by atoms with Crippen molar-refractivity contribution in [1.29, 1.82) is 0 Å². The molecule has 0 nitrogen and oxygen atoms in total. The third-order valence-electron chi connectivity index (χ3n) is 0.985. The molecule has 0 amide bonds. The standard InChI is InChI=1S/C7H5FS/c8-7-3-1-2-6(4-7)5-9/h1-5H. The van der Waals surface area contributed by atoms with E-state index >= 15 is 0 Å². The fourth-order valence-corrected chi connectivity index (χ4v) is 0.727. The van der Waals surface area contributed by atoms with E-state index in [0.717, 1.165) is 5.56 Å². The Morgan fingerprint density at radius 1 is 1.44 bits per heavy atom. The maximum Gasteiger partial charge on any atom is 0.123 e. The molecule has 1 aromatic rings. The van der Waals surface area contributed by atoms with Crippen molar-refractivity contribution < 1.29 is 4.39 Å². The second kappa shape index (κ2) is 2.69. The Labute approximate surface area is 58.3 Å². The minimum Gasteiger partial charge on any atom is -0.207 e. The van der Waals surface area contributed by atoms with Gasteiger partial charge in [0, 0.05) is 5.37 Å². The fourth-order valence-electron chi connectivity index (χ4n) is 0.580. The van der Waals surface area contributed by atoms with Crippen molar-refractivity contribution in [2.24, 2.45) is 0 Å². The smallest absolute Gasteiger partial charge is 0.123 e. The summed E-state index contributed by atoms with van der Waals surface area (Å²) in [5.41, 5.74) is 0.741. The fraction of sp³-hybridized carbons (Fsp3) is 0. The number of hydrogen-bond donors (Lipinski definition) is 0. The first-order valence-corrected chi connectivity index (χ1v) is 3.01. The highest BCUT2D eigenvalue weighted by Gasteiger charge is 1.87. The monoisotopic (exact) mass is 140 g/mol. The van der Waals surface area contributed by atoms with Crippen LogP contribution in [0.2, 0.25) is 0 Å². The van der Waals surface area contributed by atoms with Gasteiger partial charge in [-0.1, -0.05) is 24.4 Å². The van der Waals surface area contributed by atoms with Crippen LogP contribution in [0, 0.1) is 5.82 Å². The molecule has 0 spiro atoms. The van der Waals surface area contributed by atoms with E-state index in [1.165, 1.54) is 17.5 Å². The van der Waals surface area contributed by atoms with Crippen LogP contribution < -0.4 is 0 Å². The van der Waals surface area contributed by atoms with Gasteiger partial charge in [0.2, 0.25) is 0 Å². The number of hydrogen-bond acceptors (Lipinski definition) is 1. The predicted octanol–water partition coefficient (Wildman–Crippen LogP) is 2.17. The van der Waals surface area contributed by atoms with Crippen LogP contribution in [0.25, 0.3) is 0 Å². The van der Waals surface area contributed by atoms with E-state index in [0.29, 0.717) is 0 Å². The predicted molar refractivity (Wildman–Crippen MR) is 39.2 cm³/mol. The Kier molecular flexibility index (Phi) is 1.90. The highest BCUT2D eigenvalue weighted by atomic mass is 32.1. The molecule has 1 aromatic carbocycles. The SMILES string of the molecule is Fc1cccc(C=S)c1. The van der Waals surface area contributed by atoms with E-state index in [4.69, 9.17) is 0 Å². The zero-order chi connectivity index (χ0) is 6.69. The zero-order valence-corrected chi connectivity index (χ0v) is 5.49. The van der Waals surface area contributed by atoms with Crippen molar-refractivity contribution >= 4 is 17.6 Å². The first kappa shape index (κ1) is 6.36. The second-order valence-corrected chi connectivity index (χ2v) is 1.91. The maximum absolute atomic E-state index is 12.3. The summed E-state index contributed by atoms with van der Waals surface area (Å²) in [5, 5.41) is 1.45. The summed E-state index contributed by atoms with van der Waals surface area (Å²) in [5.74, 6) is -0.242. The van der Waals surface area contributed by atoms with E-state index < -0.39 is 0 Å². The summed E-state index contributed by atoms with van der Waals surface area (Å²) in [6, 6.07) is 6.18. The molecule has 0 aliphatic carbocycles. The average molecular weight is 140 g/mol. The van der Waals surface area contributed by atoms with Crippen LogP contribution in [0.15, 0.2) is 24.3 Å². The quantitative estimate of drug-likeness (QED) is 0.539. The van der Waals surface area contributed by atoms with Crippen LogP contribution in [-0.2, 0) is 0 Å². The molecule has 0 aliphatic heterocycles. The van der Waals surface area contributed by atoms with E-state index in [9.17, 15) is 4.39 Å². The Morgan fingerprint density at radius 2 is 2.22 bits per heavy atom. The lowest BCUT2D eigenvalue weighted by Gasteiger charge is -1.88. The normalized spacial score (nSPS) is 9.00. The molecule has 0 saturated carbocycles. The molecule has 0 fully saturated rings. The largest absolute Gasteiger partial charge is 0.207 e. The second-order valence-electron chi connectivity index (χ2n) is 1.67. The van der Waals surface area contributed by atoms with Crippen LogP contribution in [0.1, 0.15) is 5.56 Å². The molecule has 0 radical (unpaired) electrons. The minimum absolute atomic E-state index is 0.242. The van der Waals surface area contributed by atoms with Gasteiger partial charge < -0.3 is 0 Å². The Hall–Kier alpha value is -0.760. The van der Waals surface area contributed by atoms with Crippen LogP contribution >= 0.6 is 12.2 Å². The van der Waals surface area contributed by atoms with Crippen molar-refractivity contribution in [1.82, 2.24) is 0 Å². The molecule has 0 N–H and O–H groups in total. The van der Waals surface area contributed by atoms with Crippen LogP contribution in [0.5, 0.6) is 0 Å². The van der Waals surface area contributed by atoms with Gasteiger partial charge >= 0.3 is 0 Å². The highest BCUT2D eigenvalue weighted by molar-refractivity contribution is 7.79. The summed E-state index contributed by atoms with van der Waals surface area (Å²) < 4.78 is 12.3. The van der Waals surface area contributed by atoms with Crippen molar-refractivity contribution in [2.45, 2.75) is 0 Å². The first-order valence-electron chi connectivity index (χ1n) is 2.53. The molecule has 0 bridgehead atoms. The van der Waals surface area contributed by atoms with Crippen molar-refractivity contribution in [2.75, 3.05) is 0 Å². The summed E-state index contributed by atoms with van der Waals surface area (Å²) in [6.07, 6.45) is 0. The van der Waals surface area contributed by atoms with Gasteiger partial charge in [0.15, 0.2) is 0 Å². The summed E-state index contributed by atoms with van der Waals surface area (Å²) >= 11 is 4.59. The molecule has 1 rings (SSSR count). The molecular formula is C7H5FS. The van der Waals surface area contributed by atoms with Gasteiger partial charge in [0.1, 0.15) is 5.82 Å². The van der Waals surface area contributed by atoms with Crippen molar-refractivity contribution in [3.63, 3.8) is 0 Å². The van der Waals surface area contributed by atoms with Gasteiger partial charge in [-0.2, -0.15) is 0 Å². The number of thiocarbonyl (C=S) groups is 1. The van der Waals surface area contributed by atoms with Crippen LogP contribution in [0.3, 0.4) is 0 Å². The van der Waals surface area contributed by atoms with Gasteiger partial charge in [0.05, 0.1) is 0 Å². The molecule has 9 heavy (non-hydrogen) atoms. The molecule has 0 aliphatic rings. The topological polar surface area (TPSA) is 0 Å².